The molecule has 0 bridgehead atoms. The summed E-state index contributed by atoms with van der Waals surface area (Å²) in [6.07, 6.45) is 2.30. The predicted octanol–water partition coefficient (Wildman–Crippen LogP) is 1.95. The number of aromatic nitrogens is 2. The van der Waals surface area contributed by atoms with Crippen LogP contribution in [0.2, 0.25) is 0 Å². The van der Waals surface area contributed by atoms with Crippen LogP contribution in [0.25, 0.3) is 0 Å². The minimum Gasteiger partial charge on any atom is -0.359 e. The Balaban J connectivity index is 1.77. The van der Waals surface area contributed by atoms with Crippen LogP contribution in [0.15, 0.2) is 23.7 Å². The number of thiophene rings is 1. The van der Waals surface area contributed by atoms with Crippen molar-refractivity contribution in [2.45, 2.75) is 32.5 Å². The molecule has 112 valence electrons. The second kappa shape index (κ2) is 5.99. The number of carbonyl (C=O) groups is 1. The highest BCUT2D eigenvalue weighted by Gasteiger charge is 2.27. The Kier molecular flexibility index (Phi) is 4.07. The lowest BCUT2D eigenvalue weighted by molar-refractivity contribution is -0.121. The summed E-state index contributed by atoms with van der Waals surface area (Å²) in [5, 5.41) is 9.24. The summed E-state index contributed by atoms with van der Waals surface area (Å²) in [6, 6.07) is 4.32. The summed E-state index contributed by atoms with van der Waals surface area (Å²) in [7, 11) is 1.68. The molecule has 0 aliphatic carbocycles. The SMILES string of the molecule is CNC(=O)CC1CN(Cc2sccc2C)Cc2ccnn21. The first-order chi connectivity index (χ1) is 10.2. The van der Waals surface area contributed by atoms with Gasteiger partial charge in [0.05, 0.1) is 18.2 Å². The third-order valence-electron chi connectivity index (χ3n) is 3.99. The third kappa shape index (κ3) is 3.01. The number of hydrogen-bond donors (Lipinski definition) is 1. The van der Waals surface area contributed by atoms with Gasteiger partial charge >= 0.3 is 0 Å². The quantitative estimate of drug-likeness (QED) is 0.939. The molecule has 21 heavy (non-hydrogen) atoms. The van der Waals surface area contributed by atoms with E-state index in [0.29, 0.717) is 6.42 Å². The molecule has 1 aliphatic rings. The molecule has 2 aromatic heterocycles. The van der Waals surface area contributed by atoms with Gasteiger partial charge in [-0.3, -0.25) is 14.4 Å². The standard InChI is InChI=1S/C15H20N4OS/c1-11-4-6-21-14(11)10-18-8-12-3-5-17-19(12)13(9-18)7-15(20)16-2/h3-6,13H,7-10H2,1-2H3,(H,16,20). The molecule has 0 spiro atoms. The van der Waals surface area contributed by atoms with Crippen molar-refractivity contribution in [3.63, 3.8) is 0 Å². The Morgan fingerprint density at radius 3 is 3.10 bits per heavy atom. The average Bonchev–Trinajstić information content (AvgIpc) is 3.08. The lowest BCUT2D eigenvalue weighted by atomic mass is 10.1. The number of nitrogens with one attached hydrogen (secondary N) is 1. The summed E-state index contributed by atoms with van der Waals surface area (Å²) in [5.41, 5.74) is 2.53. The zero-order valence-corrected chi connectivity index (χ0v) is 13.2. The van der Waals surface area contributed by atoms with Crippen LogP contribution < -0.4 is 5.32 Å². The minimum absolute atomic E-state index is 0.0654. The zero-order valence-electron chi connectivity index (χ0n) is 12.4. The molecule has 0 radical (unpaired) electrons. The van der Waals surface area contributed by atoms with Gasteiger partial charge in [-0.15, -0.1) is 11.3 Å². The normalized spacial score (nSPS) is 18.5. The summed E-state index contributed by atoms with van der Waals surface area (Å²) >= 11 is 1.80. The molecule has 0 fully saturated rings. The Morgan fingerprint density at radius 1 is 1.52 bits per heavy atom. The maximum Gasteiger partial charge on any atom is 0.221 e. The van der Waals surface area contributed by atoms with Gasteiger partial charge in [-0.25, -0.2) is 0 Å². The molecule has 3 heterocycles. The van der Waals surface area contributed by atoms with E-state index in [1.54, 1.807) is 18.4 Å². The fourth-order valence-corrected chi connectivity index (χ4v) is 3.77. The molecule has 1 amide bonds. The van der Waals surface area contributed by atoms with Gasteiger partial charge in [-0.1, -0.05) is 0 Å². The predicted molar refractivity (Wildman–Crippen MR) is 83.1 cm³/mol. The van der Waals surface area contributed by atoms with E-state index in [-0.39, 0.29) is 11.9 Å². The second-order valence-corrected chi connectivity index (χ2v) is 6.50. The number of rotatable bonds is 4. The fourth-order valence-electron chi connectivity index (χ4n) is 2.82. The highest BCUT2D eigenvalue weighted by Crippen LogP contribution is 2.26. The van der Waals surface area contributed by atoms with Crippen LogP contribution in [0.5, 0.6) is 0 Å². The smallest absolute Gasteiger partial charge is 0.221 e. The van der Waals surface area contributed by atoms with E-state index in [9.17, 15) is 4.79 Å². The molecule has 0 aromatic carbocycles. The molecule has 2 aromatic rings. The van der Waals surface area contributed by atoms with Crippen LogP contribution in [0.4, 0.5) is 0 Å². The summed E-state index contributed by atoms with van der Waals surface area (Å²) in [6.45, 7) is 4.85. The summed E-state index contributed by atoms with van der Waals surface area (Å²) in [4.78, 5) is 15.5. The number of carbonyl (C=O) groups excluding carboxylic acids is 1. The number of hydrogen-bond acceptors (Lipinski definition) is 4. The van der Waals surface area contributed by atoms with Crippen molar-refractivity contribution in [2.75, 3.05) is 13.6 Å². The molecule has 3 rings (SSSR count). The molecular weight excluding hydrogens is 284 g/mol. The minimum atomic E-state index is 0.0654. The van der Waals surface area contributed by atoms with Crippen LogP contribution in [0.1, 0.15) is 28.6 Å². The van der Waals surface area contributed by atoms with Crippen molar-refractivity contribution >= 4 is 17.2 Å². The monoisotopic (exact) mass is 304 g/mol. The molecule has 5 nitrogen and oxygen atoms in total. The van der Waals surface area contributed by atoms with E-state index in [4.69, 9.17) is 0 Å². The van der Waals surface area contributed by atoms with E-state index < -0.39 is 0 Å². The van der Waals surface area contributed by atoms with Crippen LogP contribution in [0, 0.1) is 6.92 Å². The lowest BCUT2D eigenvalue weighted by Crippen LogP contribution is -2.39. The first kappa shape index (κ1) is 14.3. The maximum atomic E-state index is 11.7. The summed E-state index contributed by atoms with van der Waals surface area (Å²) < 4.78 is 2.01. The number of amides is 1. The largest absolute Gasteiger partial charge is 0.359 e. The molecule has 0 saturated heterocycles. The molecular formula is C15H20N4OS. The fraction of sp³-hybridized carbons (Fsp3) is 0.467. The molecule has 0 saturated carbocycles. The van der Waals surface area contributed by atoms with Crippen LogP contribution in [-0.2, 0) is 17.9 Å². The molecule has 1 aliphatic heterocycles. The van der Waals surface area contributed by atoms with Crippen LogP contribution in [-0.4, -0.2) is 34.2 Å². The average molecular weight is 304 g/mol. The van der Waals surface area contributed by atoms with Crippen molar-refractivity contribution in [1.29, 1.82) is 0 Å². The van der Waals surface area contributed by atoms with Gasteiger partial charge in [0.25, 0.3) is 0 Å². The van der Waals surface area contributed by atoms with Gasteiger partial charge in [0.2, 0.25) is 5.91 Å². The Hall–Kier alpha value is -1.66. The van der Waals surface area contributed by atoms with Crippen LogP contribution in [0.3, 0.4) is 0 Å². The van der Waals surface area contributed by atoms with E-state index in [1.807, 2.05) is 16.9 Å². The van der Waals surface area contributed by atoms with Gasteiger partial charge in [0.15, 0.2) is 0 Å². The molecule has 1 atom stereocenters. The van der Waals surface area contributed by atoms with E-state index in [1.165, 1.54) is 16.1 Å². The van der Waals surface area contributed by atoms with Crippen molar-refractivity contribution in [3.05, 3.63) is 39.8 Å². The van der Waals surface area contributed by atoms with Crippen molar-refractivity contribution in [3.8, 4) is 0 Å². The van der Waals surface area contributed by atoms with Gasteiger partial charge in [0.1, 0.15) is 0 Å². The highest BCUT2D eigenvalue weighted by molar-refractivity contribution is 7.10. The van der Waals surface area contributed by atoms with Crippen molar-refractivity contribution < 1.29 is 4.79 Å². The van der Waals surface area contributed by atoms with Crippen molar-refractivity contribution in [2.24, 2.45) is 0 Å². The Labute approximate surface area is 128 Å². The van der Waals surface area contributed by atoms with Gasteiger partial charge in [0, 0.05) is 37.8 Å². The van der Waals surface area contributed by atoms with Crippen LogP contribution >= 0.6 is 11.3 Å². The lowest BCUT2D eigenvalue weighted by Gasteiger charge is -2.33. The maximum absolute atomic E-state index is 11.7. The molecule has 1 N–H and O–H groups in total. The molecule has 6 heteroatoms. The second-order valence-electron chi connectivity index (χ2n) is 5.49. The van der Waals surface area contributed by atoms with E-state index >= 15 is 0 Å². The number of aryl methyl sites for hydroxylation is 1. The first-order valence-electron chi connectivity index (χ1n) is 7.15. The van der Waals surface area contributed by atoms with E-state index in [0.717, 1.165) is 19.6 Å². The molecule has 1 unspecified atom stereocenters. The topological polar surface area (TPSA) is 50.2 Å². The highest BCUT2D eigenvalue weighted by atomic mass is 32.1. The van der Waals surface area contributed by atoms with Gasteiger partial charge in [-0.2, -0.15) is 5.10 Å². The third-order valence-corrected chi connectivity index (χ3v) is 5.00. The summed E-state index contributed by atoms with van der Waals surface area (Å²) in [5.74, 6) is 0.0654. The number of nitrogens with zero attached hydrogens (tertiary/aromatic N) is 3. The Morgan fingerprint density at radius 2 is 2.38 bits per heavy atom. The first-order valence-corrected chi connectivity index (χ1v) is 8.03. The van der Waals surface area contributed by atoms with Gasteiger partial charge < -0.3 is 5.32 Å². The van der Waals surface area contributed by atoms with E-state index in [2.05, 4.69) is 33.7 Å². The Bertz CT molecular complexity index is 633. The van der Waals surface area contributed by atoms with Gasteiger partial charge in [-0.05, 0) is 30.0 Å². The zero-order chi connectivity index (χ0) is 14.8. The van der Waals surface area contributed by atoms with Crippen molar-refractivity contribution in [1.82, 2.24) is 20.0 Å². The number of fused-ring (bicyclic) bond motifs is 1.